The average molecular weight is 320 g/mol. The Bertz CT molecular complexity index is 744. The van der Waals surface area contributed by atoms with Gasteiger partial charge >= 0.3 is 0 Å². The summed E-state index contributed by atoms with van der Waals surface area (Å²) in [5.41, 5.74) is 0.898. The summed E-state index contributed by atoms with van der Waals surface area (Å²) in [6.45, 7) is 1.91. The van der Waals surface area contributed by atoms with Crippen molar-refractivity contribution in [1.82, 2.24) is 0 Å². The number of Topliss-reactive ketones (excluding diaryl/α,β-unsaturated/α-hetero) is 1. The molecular weight excluding hydrogens is 305 g/mol. The lowest BCUT2D eigenvalue weighted by Crippen LogP contribution is -2.02. The van der Waals surface area contributed by atoms with Gasteiger partial charge in [0.2, 0.25) is 0 Å². The van der Waals surface area contributed by atoms with Crippen LogP contribution in [0.3, 0.4) is 0 Å². The molecule has 2 nitrogen and oxygen atoms in total. The van der Waals surface area contributed by atoms with Crippen molar-refractivity contribution in [1.29, 1.82) is 0 Å². The molecule has 1 aliphatic rings. The van der Waals surface area contributed by atoms with Gasteiger partial charge in [-0.2, -0.15) is 0 Å². The van der Waals surface area contributed by atoms with Gasteiger partial charge in [-0.05, 0) is 61.6 Å². The molecule has 0 bridgehead atoms. The summed E-state index contributed by atoms with van der Waals surface area (Å²) in [7, 11) is 0. The van der Waals surface area contributed by atoms with E-state index < -0.39 is 17.5 Å². The molecule has 0 aliphatic heterocycles. The number of ether oxygens (including phenoxy) is 1. The van der Waals surface area contributed by atoms with Crippen molar-refractivity contribution in [2.45, 2.75) is 19.8 Å². The molecule has 0 aromatic heterocycles. The van der Waals surface area contributed by atoms with Gasteiger partial charge in [0.05, 0.1) is 6.61 Å². The standard InChI is InChI=1S/C18H15F3O2/c1-10(22)12-4-5-17(23-9-11-2-3-11)14(6-12)13-7-15(19)18(21)16(20)8-13/h4-8,11H,2-3,9H2,1H3. The fraction of sp³-hybridized carbons (Fsp3) is 0.278. The smallest absolute Gasteiger partial charge is 0.194 e. The van der Waals surface area contributed by atoms with Crippen LogP contribution in [0, 0.1) is 23.4 Å². The highest BCUT2D eigenvalue weighted by molar-refractivity contribution is 5.96. The van der Waals surface area contributed by atoms with E-state index in [4.69, 9.17) is 4.74 Å². The number of ketones is 1. The molecule has 0 radical (unpaired) electrons. The monoisotopic (exact) mass is 320 g/mol. The Kier molecular flexibility index (Phi) is 4.11. The van der Waals surface area contributed by atoms with Gasteiger partial charge in [-0.3, -0.25) is 4.79 Å². The normalized spacial score (nSPS) is 13.9. The molecule has 0 N–H and O–H groups in total. The molecule has 1 aliphatic carbocycles. The van der Waals surface area contributed by atoms with Gasteiger partial charge < -0.3 is 4.74 Å². The second-order valence-electron chi connectivity index (χ2n) is 5.78. The first kappa shape index (κ1) is 15.6. The van der Waals surface area contributed by atoms with Gasteiger partial charge in [0.25, 0.3) is 0 Å². The van der Waals surface area contributed by atoms with E-state index in [1.165, 1.54) is 13.0 Å². The van der Waals surface area contributed by atoms with Crippen molar-refractivity contribution < 1.29 is 22.7 Å². The molecule has 0 amide bonds. The van der Waals surface area contributed by atoms with E-state index in [0.29, 0.717) is 29.4 Å². The van der Waals surface area contributed by atoms with E-state index in [1.54, 1.807) is 12.1 Å². The number of carbonyl (C=O) groups is 1. The third-order valence-corrected chi connectivity index (χ3v) is 3.85. The number of carbonyl (C=O) groups excluding carboxylic acids is 1. The summed E-state index contributed by atoms with van der Waals surface area (Å²) in [5.74, 6) is -3.33. The van der Waals surface area contributed by atoms with Gasteiger partial charge in [-0.25, -0.2) is 13.2 Å². The summed E-state index contributed by atoms with van der Waals surface area (Å²) in [6.07, 6.45) is 2.20. The largest absolute Gasteiger partial charge is 0.493 e. The minimum atomic E-state index is -1.52. The lowest BCUT2D eigenvalue weighted by Gasteiger charge is -2.13. The lowest BCUT2D eigenvalue weighted by molar-refractivity contribution is 0.101. The molecule has 0 atom stereocenters. The quantitative estimate of drug-likeness (QED) is 0.586. The fourth-order valence-electron chi connectivity index (χ4n) is 2.30. The summed E-state index contributed by atoms with van der Waals surface area (Å²) < 4.78 is 45.9. The van der Waals surface area contributed by atoms with Crippen molar-refractivity contribution in [2.75, 3.05) is 6.61 Å². The van der Waals surface area contributed by atoms with Crippen molar-refractivity contribution in [3.8, 4) is 16.9 Å². The molecule has 5 heteroatoms. The Hall–Kier alpha value is -2.30. The summed E-state index contributed by atoms with van der Waals surface area (Å²) in [4.78, 5) is 11.6. The maximum atomic E-state index is 13.5. The molecule has 0 heterocycles. The van der Waals surface area contributed by atoms with Crippen LogP contribution in [0.5, 0.6) is 5.75 Å². The zero-order valence-electron chi connectivity index (χ0n) is 12.5. The zero-order valence-corrected chi connectivity index (χ0v) is 12.5. The van der Waals surface area contributed by atoms with Crippen molar-refractivity contribution in [3.05, 3.63) is 53.3 Å². The maximum Gasteiger partial charge on any atom is 0.194 e. The third kappa shape index (κ3) is 3.38. The van der Waals surface area contributed by atoms with Crippen LogP contribution in [0.4, 0.5) is 13.2 Å². The molecule has 23 heavy (non-hydrogen) atoms. The van der Waals surface area contributed by atoms with Gasteiger partial charge in [0, 0.05) is 11.1 Å². The Morgan fingerprint density at radius 3 is 2.35 bits per heavy atom. The minimum absolute atomic E-state index is 0.135. The highest BCUT2D eigenvalue weighted by Gasteiger charge is 2.23. The minimum Gasteiger partial charge on any atom is -0.493 e. The Morgan fingerprint density at radius 2 is 1.78 bits per heavy atom. The zero-order chi connectivity index (χ0) is 16.6. The van der Waals surface area contributed by atoms with Crippen LogP contribution in [0.2, 0.25) is 0 Å². The highest BCUT2D eigenvalue weighted by Crippen LogP contribution is 2.35. The second kappa shape index (κ2) is 6.07. The molecule has 1 saturated carbocycles. The average Bonchev–Trinajstić information content (AvgIpc) is 3.34. The number of rotatable bonds is 5. The summed E-state index contributed by atoms with van der Waals surface area (Å²) >= 11 is 0. The van der Waals surface area contributed by atoms with Crippen LogP contribution >= 0.6 is 0 Å². The van der Waals surface area contributed by atoms with E-state index >= 15 is 0 Å². The van der Waals surface area contributed by atoms with Crippen LogP contribution in [-0.2, 0) is 0 Å². The van der Waals surface area contributed by atoms with Crippen molar-refractivity contribution in [2.24, 2.45) is 5.92 Å². The molecule has 1 fully saturated rings. The first-order valence-corrected chi connectivity index (χ1v) is 7.38. The van der Waals surface area contributed by atoms with E-state index in [-0.39, 0.29) is 11.3 Å². The number of hydrogen-bond donors (Lipinski definition) is 0. The lowest BCUT2D eigenvalue weighted by atomic mass is 10.00. The Labute approximate surface area is 131 Å². The van der Waals surface area contributed by atoms with Gasteiger partial charge in [0.15, 0.2) is 23.2 Å². The van der Waals surface area contributed by atoms with Crippen LogP contribution in [-0.4, -0.2) is 12.4 Å². The summed E-state index contributed by atoms with van der Waals surface area (Å²) in [5, 5.41) is 0. The topological polar surface area (TPSA) is 26.3 Å². The van der Waals surface area contributed by atoms with Gasteiger partial charge in [-0.1, -0.05) is 0 Å². The highest BCUT2D eigenvalue weighted by atomic mass is 19.2. The van der Waals surface area contributed by atoms with Crippen LogP contribution < -0.4 is 4.74 Å². The van der Waals surface area contributed by atoms with Crippen LogP contribution in [0.15, 0.2) is 30.3 Å². The number of benzene rings is 2. The second-order valence-corrected chi connectivity index (χ2v) is 5.78. The SMILES string of the molecule is CC(=O)c1ccc(OCC2CC2)c(-c2cc(F)c(F)c(F)c2)c1. The fourth-order valence-corrected chi connectivity index (χ4v) is 2.30. The predicted molar refractivity (Wildman–Crippen MR) is 80.0 cm³/mol. The van der Waals surface area contributed by atoms with Gasteiger partial charge in [0.1, 0.15) is 5.75 Å². The molecule has 0 spiro atoms. The van der Waals surface area contributed by atoms with Crippen LogP contribution in [0.1, 0.15) is 30.1 Å². The van der Waals surface area contributed by atoms with Crippen LogP contribution in [0.25, 0.3) is 11.1 Å². The van der Waals surface area contributed by atoms with E-state index in [0.717, 1.165) is 25.0 Å². The van der Waals surface area contributed by atoms with E-state index in [9.17, 15) is 18.0 Å². The molecular formula is C18H15F3O2. The molecule has 0 saturated heterocycles. The van der Waals surface area contributed by atoms with Crippen molar-refractivity contribution in [3.63, 3.8) is 0 Å². The Balaban J connectivity index is 2.05. The number of hydrogen-bond acceptors (Lipinski definition) is 2. The van der Waals surface area contributed by atoms with E-state index in [1.807, 2.05) is 0 Å². The first-order chi connectivity index (χ1) is 11.0. The number of halogens is 3. The van der Waals surface area contributed by atoms with Gasteiger partial charge in [-0.15, -0.1) is 0 Å². The summed E-state index contributed by atoms with van der Waals surface area (Å²) in [6, 6.07) is 6.53. The maximum absolute atomic E-state index is 13.5. The van der Waals surface area contributed by atoms with E-state index in [2.05, 4.69) is 0 Å². The third-order valence-electron chi connectivity index (χ3n) is 3.85. The first-order valence-electron chi connectivity index (χ1n) is 7.38. The Morgan fingerprint density at radius 1 is 1.13 bits per heavy atom. The molecule has 120 valence electrons. The molecule has 2 aromatic carbocycles. The molecule has 0 unspecified atom stereocenters. The molecule has 2 aromatic rings. The predicted octanol–water partition coefficient (Wildman–Crippen LogP) is 4.76. The molecule has 3 rings (SSSR count). The van der Waals surface area contributed by atoms with Crippen molar-refractivity contribution >= 4 is 5.78 Å².